The molecule has 0 spiro atoms. The predicted octanol–water partition coefficient (Wildman–Crippen LogP) is 4.41. The SMILES string of the molecule is CCOC(=O)/C=C/C(C)(C)NC(=O)[C@@H](CC)Oc1cc(Cl)c(F)c(Br)c1. The van der Waals surface area contributed by atoms with Gasteiger partial charge < -0.3 is 14.8 Å². The van der Waals surface area contributed by atoms with Crippen LogP contribution in [-0.2, 0) is 14.3 Å². The summed E-state index contributed by atoms with van der Waals surface area (Å²) in [4.78, 5) is 23.9. The zero-order valence-electron chi connectivity index (χ0n) is 15.1. The molecule has 0 aliphatic rings. The Kier molecular flexibility index (Phi) is 8.56. The summed E-state index contributed by atoms with van der Waals surface area (Å²) in [5.41, 5.74) is -0.790. The van der Waals surface area contributed by atoms with Gasteiger partial charge in [0.05, 0.1) is 21.6 Å². The van der Waals surface area contributed by atoms with Gasteiger partial charge in [-0.1, -0.05) is 24.6 Å². The normalized spacial score (nSPS) is 12.7. The largest absolute Gasteiger partial charge is 0.481 e. The second-order valence-corrected chi connectivity index (χ2v) is 7.27. The van der Waals surface area contributed by atoms with Crippen molar-refractivity contribution in [2.45, 2.75) is 45.8 Å². The number of halogens is 3. The highest BCUT2D eigenvalue weighted by Crippen LogP contribution is 2.29. The molecular weight excluding hydrogens is 429 g/mol. The van der Waals surface area contributed by atoms with Crippen LogP contribution in [0.2, 0.25) is 5.02 Å². The number of benzene rings is 1. The van der Waals surface area contributed by atoms with Gasteiger partial charge in [-0.15, -0.1) is 0 Å². The van der Waals surface area contributed by atoms with Crippen LogP contribution in [0.1, 0.15) is 34.1 Å². The number of nitrogens with one attached hydrogen (secondary N) is 1. The number of hydrogen-bond acceptors (Lipinski definition) is 4. The molecule has 1 aromatic carbocycles. The maximum atomic E-state index is 13.6. The number of rotatable bonds is 8. The van der Waals surface area contributed by atoms with Crippen LogP contribution in [0.15, 0.2) is 28.8 Å². The third-order valence-electron chi connectivity index (χ3n) is 3.27. The van der Waals surface area contributed by atoms with Gasteiger partial charge in [0.25, 0.3) is 5.91 Å². The first-order valence-corrected chi connectivity index (χ1v) is 9.26. The standard InChI is InChI=1S/C18H22BrClFNO4/c1-5-14(26-11-9-12(19)16(21)13(20)10-11)17(24)22-18(3,4)8-7-15(23)25-6-2/h7-10,14H,5-6H2,1-4H3,(H,22,24)/b8-7+/t14-/m1/s1. The van der Waals surface area contributed by atoms with Crippen LogP contribution >= 0.6 is 27.5 Å². The van der Waals surface area contributed by atoms with E-state index >= 15 is 0 Å². The third kappa shape index (κ3) is 6.96. The highest BCUT2D eigenvalue weighted by atomic mass is 79.9. The van der Waals surface area contributed by atoms with E-state index in [4.69, 9.17) is 21.1 Å². The van der Waals surface area contributed by atoms with Crippen LogP contribution in [0.25, 0.3) is 0 Å². The highest BCUT2D eigenvalue weighted by Gasteiger charge is 2.25. The lowest BCUT2D eigenvalue weighted by Crippen LogP contribution is -2.48. The molecular formula is C18H22BrClFNO4. The Labute approximate surface area is 166 Å². The molecule has 0 heterocycles. The van der Waals surface area contributed by atoms with Gasteiger partial charge in [-0.2, -0.15) is 0 Å². The van der Waals surface area contributed by atoms with E-state index in [0.29, 0.717) is 6.42 Å². The maximum Gasteiger partial charge on any atom is 0.330 e. The molecule has 26 heavy (non-hydrogen) atoms. The first kappa shape index (κ1) is 22.4. The van der Waals surface area contributed by atoms with E-state index in [1.807, 2.05) is 0 Å². The molecule has 0 aromatic heterocycles. The lowest BCUT2D eigenvalue weighted by molar-refractivity contribution is -0.137. The molecule has 1 amide bonds. The zero-order chi connectivity index (χ0) is 19.9. The number of carbonyl (C=O) groups excluding carboxylic acids is 2. The molecule has 0 fully saturated rings. The summed E-state index contributed by atoms with van der Waals surface area (Å²) < 4.78 is 24.2. The van der Waals surface area contributed by atoms with E-state index in [0.717, 1.165) is 0 Å². The first-order valence-electron chi connectivity index (χ1n) is 8.08. The molecule has 0 saturated heterocycles. The Balaban J connectivity index is 2.81. The zero-order valence-corrected chi connectivity index (χ0v) is 17.4. The Morgan fingerprint density at radius 1 is 1.38 bits per heavy atom. The second-order valence-electron chi connectivity index (χ2n) is 6.01. The molecule has 0 aliphatic carbocycles. The fourth-order valence-corrected chi connectivity index (χ4v) is 2.76. The van der Waals surface area contributed by atoms with Gasteiger partial charge in [0.15, 0.2) is 11.9 Å². The van der Waals surface area contributed by atoms with E-state index in [2.05, 4.69) is 21.2 Å². The molecule has 0 saturated carbocycles. The van der Waals surface area contributed by atoms with Gasteiger partial charge in [0.1, 0.15) is 5.75 Å². The van der Waals surface area contributed by atoms with Crippen LogP contribution in [0.5, 0.6) is 5.75 Å². The number of amides is 1. The van der Waals surface area contributed by atoms with Gasteiger partial charge in [-0.25, -0.2) is 9.18 Å². The van der Waals surface area contributed by atoms with Crippen LogP contribution in [0, 0.1) is 5.82 Å². The van der Waals surface area contributed by atoms with Crippen molar-refractivity contribution in [1.29, 1.82) is 0 Å². The Hall–Kier alpha value is -1.60. The van der Waals surface area contributed by atoms with Crippen molar-refractivity contribution in [3.8, 4) is 5.75 Å². The number of hydrogen-bond donors (Lipinski definition) is 1. The molecule has 0 unspecified atom stereocenters. The summed E-state index contributed by atoms with van der Waals surface area (Å²) in [7, 11) is 0. The number of ether oxygens (including phenoxy) is 2. The Morgan fingerprint density at radius 3 is 2.58 bits per heavy atom. The Morgan fingerprint density at radius 2 is 2.04 bits per heavy atom. The van der Waals surface area contributed by atoms with Gasteiger partial charge >= 0.3 is 5.97 Å². The molecule has 8 heteroatoms. The molecule has 0 aliphatic heterocycles. The fraction of sp³-hybridized carbons (Fsp3) is 0.444. The molecule has 1 atom stereocenters. The van der Waals surface area contributed by atoms with Crippen LogP contribution in [-0.4, -0.2) is 30.1 Å². The smallest absolute Gasteiger partial charge is 0.330 e. The predicted molar refractivity (Wildman–Crippen MR) is 102 cm³/mol. The monoisotopic (exact) mass is 449 g/mol. The highest BCUT2D eigenvalue weighted by molar-refractivity contribution is 9.10. The minimum absolute atomic E-state index is 0.109. The van der Waals surface area contributed by atoms with Crippen LogP contribution in [0.3, 0.4) is 0 Å². The van der Waals surface area contributed by atoms with Crippen molar-refractivity contribution in [3.05, 3.63) is 39.6 Å². The van der Waals surface area contributed by atoms with Gasteiger partial charge in [0, 0.05) is 12.1 Å². The molecule has 1 N–H and O–H groups in total. The molecule has 0 radical (unpaired) electrons. The molecule has 144 valence electrons. The molecule has 5 nitrogen and oxygen atoms in total. The minimum Gasteiger partial charge on any atom is -0.481 e. The summed E-state index contributed by atoms with van der Waals surface area (Å²) >= 11 is 8.84. The average Bonchev–Trinajstić information content (AvgIpc) is 2.55. The van der Waals surface area contributed by atoms with E-state index in [1.54, 1.807) is 33.8 Å². The Bertz CT molecular complexity index is 671. The van der Waals surface area contributed by atoms with Crippen molar-refractivity contribution in [2.24, 2.45) is 0 Å². The summed E-state index contributed by atoms with van der Waals surface area (Å²) in [6.07, 6.45) is 2.39. The lowest BCUT2D eigenvalue weighted by atomic mass is 10.0. The average molecular weight is 451 g/mol. The minimum atomic E-state index is -0.807. The molecule has 1 rings (SSSR count). The van der Waals surface area contributed by atoms with E-state index in [9.17, 15) is 14.0 Å². The summed E-state index contributed by atoms with van der Waals surface area (Å²) in [6, 6.07) is 2.71. The van der Waals surface area contributed by atoms with Crippen LogP contribution < -0.4 is 10.1 Å². The van der Waals surface area contributed by atoms with Crippen molar-refractivity contribution in [2.75, 3.05) is 6.61 Å². The number of esters is 1. The van der Waals surface area contributed by atoms with Crippen molar-refractivity contribution < 1.29 is 23.5 Å². The van der Waals surface area contributed by atoms with E-state index < -0.39 is 23.4 Å². The van der Waals surface area contributed by atoms with E-state index in [1.165, 1.54) is 18.2 Å². The number of carbonyl (C=O) groups is 2. The summed E-state index contributed by atoms with van der Waals surface area (Å²) in [5, 5.41) is 2.68. The second kappa shape index (κ2) is 9.92. The fourth-order valence-electron chi connectivity index (χ4n) is 1.99. The van der Waals surface area contributed by atoms with Crippen molar-refractivity contribution >= 4 is 39.4 Å². The first-order chi connectivity index (χ1) is 12.1. The topological polar surface area (TPSA) is 64.6 Å². The van der Waals surface area contributed by atoms with E-state index in [-0.39, 0.29) is 27.8 Å². The lowest BCUT2D eigenvalue weighted by Gasteiger charge is -2.26. The molecule has 1 aromatic rings. The van der Waals surface area contributed by atoms with Gasteiger partial charge in [-0.3, -0.25) is 4.79 Å². The van der Waals surface area contributed by atoms with Crippen molar-refractivity contribution in [1.82, 2.24) is 5.32 Å². The van der Waals surface area contributed by atoms with Gasteiger partial charge in [-0.05, 0) is 49.2 Å². The van der Waals surface area contributed by atoms with Crippen LogP contribution in [0.4, 0.5) is 4.39 Å². The summed E-state index contributed by atoms with van der Waals surface area (Å²) in [6.45, 7) is 7.24. The quantitative estimate of drug-likeness (QED) is 0.362. The maximum absolute atomic E-state index is 13.6. The van der Waals surface area contributed by atoms with Gasteiger partial charge in [0.2, 0.25) is 0 Å². The third-order valence-corrected chi connectivity index (χ3v) is 4.12. The summed E-state index contributed by atoms with van der Waals surface area (Å²) in [5.74, 6) is -1.18. The molecule has 0 bridgehead atoms. The van der Waals surface area contributed by atoms with Crippen molar-refractivity contribution in [3.63, 3.8) is 0 Å².